The van der Waals surface area contributed by atoms with E-state index in [1.54, 1.807) is 17.5 Å². The Balaban J connectivity index is 2.18. The maximum Gasteiger partial charge on any atom is 0.357 e. The number of hydrogen-bond acceptors (Lipinski definition) is 5. The van der Waals surface area contributed by atoms with Gasteiger partial charge < -0.3 is 4.74 Å². The van der Waals surface area contributed by atoms with Crippen LogP contribution in [-0.4, -0.2) is 32.2 Å². The molecule has 2 aromatic heterocycles. The highest BCUT2D eigenvalue weighted by Gasteiger charge is 2.15. The number of ether oxygens (including phenoxy) is 1. The van der Waals surface area contributed by atoms with Crippen molar-refractivity contribution in [3.63, 3.8) is 0 Å². The van der Waals surface area contributed by atoms with Gasteiger partial charge in [-0.1, -0.05) is 28.1 Å². The van der Waals surface area contributed by atoms with Crippen molar-refractivity contribution in [3.8, 4) is 11.3 Å². The van der Waals surface area contributed by atoms with Crippen molar-refractivity contribution in [1.82, 2.24) is 19.6 Å². The summed E-state index contributed by atoms with van der Waals surface area (Å²) in [7, 11) is 0. The Kier molecular flexibility index (Phi) is 3.66. The smallest absolute Gasteiger partial charge is 0.357 e. The quantitative estimate of drug-likeness (QED) is 0.682. The Morgan fingerprint density at radius 3 is 2.81 bits per heavy atom. The summed E-state index contributed by atoms with van der Waals surface area (Å²) < 4.78 is 7.56. The predicted octanol–water partition coefficient (Wildman–Crippen LogP) is 2.73. The van der Waals surface area contributed by atoms with Gasteiger partial charge in [-0.2, -0.15) is 14.6 Å². The van der Waals surface area contributed by atoms with Gasteiger partial charge in [-0.05, 0) is 25.1 Å². The number of carbonyl (C=O) groups is 1. The average Bonchev–Trinajstić information content (AvgIpc) is 2.95. The minimum absolute atomic E-state index is 0.218. The van der Waals surface area contributed by atoms with Crippen molar-refractivity contribution in [2.45, 2.75) is 6.92 Å². The monoisotopic (exact) mass is 346 g/mol. The van der Waals surface area contributed by atoms with E-state index in [-0.39, 0.29) is 5.69 Å². The van der Waals surface area contributed by atoms with Crippen molar-refractivity contribution >= 4 is 27.7 Å². The lowest BCUT2D eigenvalue weighted by Gasteiger charge is -2.07. The standard InChI is InChI=1S/C14H11BrN4O2/c1-2-21-13(20)11-7-12(9-3-5-10(15)6-4-9)19-14(18-11)16-8-17-19/h3-8H,2H2,1H3. The molecule has 0 bridgehead atoms. The lowest BCUT2D eigenvalue weighted by molar-refractivity contribution is 0.0519. The van der Waals surface area contributed by atoms with Crippen LogP contribution in [0.5, 0.6) is 0 Å². The number of aromatic nitrogens is 4. The molecule has 0 radical (unpaired) electrons. The van der Waals surface area contributed by atoms with Gasteiger partial charge in [0.2, 0.25) is 0 Å². The molecule has 0 fully saturated rings. The molecular weight excluding hydrogens is 336 g/mol. The molecule has 0 unspecified atom stereocenters. The van der Waals surface area contributed by atoms with Gasteiger partial charge in [0.15, 0.2) is 5.69 Å². The molecule has 0 atom stereocenters. The molecule has 0 spiro atoms. The molecule has 106 valence electrons. The highest BCUT2D eigenvalue weighted by molar-refractivity contribution is 9.10. The minimum Gasteiger partial charge on any atom is -0.461 e. The van der Waals surface area contributed by atoms with Gasteiger partial charge in [-0.25, -0.2) is 9.78 Å². The van der Waals surface area contributed by atoms with E-state index in [1.165, 1.54) is 6.33 Å². The first-order chi connectivity index (χ1) is 10.2. The third kappa shape index (κ3) is 2.64. The number of esters is 1. The highest BCUT2D eigenvalue weighted by Crippen LogP contribution is 2.22. The van der Waals surface area contributed by atoms with Crippen molar-refractivity contribution in [2.24, 2.45) is 0 Å². The summed E-state index contributed by atoms with van der Waals surface area (Å²) in [5.41, 5.74) is 1.85. The Bertz CT molecular complexity index is 798. The number of fused-ring (bicyclic) bond motifs is 1. The van der Waals surface area contributed by atoms with Gasteiger partial charge in [0.25, 0.3) is 5.78 Å². The van der Waals surface area contributed by atoms with E-state index < -0.39 is 5.97 Å². The molecule has 21 heavy (non-hydrogen) atoms. The van der Waals surface area contributed by atoms with E-state index in [9.17, 15) is 4.79 Å². The summed E-state index contributed by atoms with van der Waals surface area (Å²) in [6.07, 6.45) is 1.40. The lowest BCUT2D eigenvalue weighted by Crippen LogP contribution is -2.10. The van der Waals surface area contributed by atoms with E-state index >= 15 is 0 Å². The Labute approximate surface area is 128 Å². The van der Waals surface area contributed by atoms with E-state index in [0.29, 0.717) is 12.4 Å². The fourth-order valence-electron chi connectivity index (χ4n) is 1.95. The van der Waals surface area contributed by atoms with E-state index in [2.05, 4.69) is 31.0 Å². The molecule has 3 aromatic rings. The third-order valence-corrected chi connectivity index (χ3v) is 3.41. The van der Waals surface area contributed by atoms with E-state index in [4.69, 9.17) is 4.74 Å². The van der Waals surface area contributed by atoms with Crippen LogP contribution in [0.3, 0.4) is 0 Å². The second kappa shape index (κ2) is 5.61. The Morgan fingerprint density at radius 2 is 2.10 bits per heavy atom. The van der Waals surface area contributed by atoms with Gasteiger partial charge in [0.1, 0.15) is 6.33 Å². The van der Waals surface area contributed by atoms with Crippen LogP contribution in [-0.2, 0) is 4.74 Å². The van der Waals surface area contributed by atoms with Crippen molar-refractivity contribution in [1.29, 1.82) is 0 Å². The van der Waals surface area contributed by atoms with Crippen LogP contribution in [0.2, 0.25) is 0 Å². The first kappa shape index (κ1) is 13.7. The fraction of sp³-hybridized carbons (Fsp3) is 0.143. The van der Waals surface area contributed by atoms with Gasteiger partial charge in [0, 0.05) is 10.0 Å². The van der Waals surface area contributed by atoms with E-state index in [0.717, 1.165) is 15.7 Å². The lowest BCUT2D eigenvalue weighted by atomic mass is 10.1. The van der Waals surface area contributed by atoms with Gasteiger partial charge >= 0.3 is 5.97 Å². The van der Waals surface area contributed by atoms with Gasteiger partial charge in [-0.3, -0.25) is 0 Å². The second-order valence-corrected chi connectivity index (χ2v) is 5.14. The number of rotatable bonds is 3. The number of hydrogen-bond donors (Lipinski definition) is 0. The number of benzene rings is 1. The predicted molar refractivity (Wildman–Crippen MR) is 79.9 cm³/mol. The normalized spacial score (nSPS) is 10.8. The molecule has 7 heteroatoms. The molecule has 6 nitrogen and oxygen atoms in total. The summed E-state index contributed by atoms with van der Waals surface area (Å²) >= 11 is 3.40. The van der Waals surface area contributed by atoms with Crippen LogP contribution in [0, 0.1) is 0 Å². The van der Waals surface area contributed by atoms with Crippen molar-refractivity contribution < 1.29 is 9.53 Å². The van der Waals surface area contributed by atoms with Crippen LogP contribution in [0.15, 0.2) is 41.1 Å². The van der Waals surface area contributed by atoms with Gasteiger partial charge in [-0.15, -0.1) is 0 Å². The minimum atomic E-state index is -0.471. The zero-order valence-electron chi connectivity index (χ0n) is 11.2. The molecule has 0 N–H and O–H groups in total. The zero-order chi connectivity index (χ0) is 14.8. The van der Waals surface area contributed by atoms with Gasteiger partial charge in [0.05, 0.1) is 12.3 Å². The van der Waals surface area contributed by atoms with Crippen LogP contribution in [0.1, 0.15) is 17.4 Å². The molecule has 2 heterocycles. The summed E-state index contributed by atoms with van der Waals surface area (Å²) in [6, 6.07) is 9.35. The number of carbonyl (C=O) groups excluding carboxylic acids is 1. The van der Waals surface area contributed by atoms with E-state index in [1.807, 2.05) is 24.3 Å². The molecule has 0 saturated carbocycles. The second-order valence-electron chi connectivity index (χ2n) is 4.23. The fourth-order valence-corrected chi connectivity index (χ4v) is 2.21. The first-order valence-electron chi connectivity index (χ1n) is 6.33. The largest absolute Gasteiger partial charge is 0.461 e. The van der Waals surface area contributed by atoms with Crippen LogP contribution in [0.4, 0.5) is 0 Å². The van der Waals surface area contributed by atoms with Crippen molar-refractivity contribution in [3.05, 3.63) is 46.8 Å². The maximum atomic E-state index is 11.9. The topological polar surface area (TPSA) is 69.4 Å². The maximum absolute atomic E-state index is 11.9. The molecule has 1 aromatic carbocycles. The summed E-state index contributed by atoms with van der Waals surface area (Å²) in [5.74, 6) is -0.111. The molecule has 3 rings (SSSR count). The summed E-state index contributed by atoms with van der Waals surface area (Å²) in [5, 5.41) is 4.14. The molecule has 0 aliphatic rings. The summed E-state index contributed by atoms with van der Waals surface area (Å²) in [4.78, 5) is 20.1. The first-order valence-corrected chi connectivity index (χ1v) is 7.12. The molecular formula is C14H11BrN4O2. The van der Waals surface area contributed by atoms with Crippen LogP contribution in [0.25, 0.3) is 17.0 Å². The van der Waals surface area contributed by atoms with Crippen molar-refractivity contribution in [2.75, 3.05) is 6.61 Å². The molecule has 0 aliphatic heterocycles. The van der Waals surface area contributed by atoms with Crippen LogP contribution >= 0.6 is 15.9 Å². The zero-order valence-corrected chi connectivity index (χ0v) is 12.7. The summed E-state index contributed by atoms with van der Waals surface area (Å²) in [6.45, 7) is 2.05. The molecule has 0 saturated heterocycles. The Hall–Kier alpha value is -2.28. The number of halogens is 1. The SMILES string of the molecule is CCOC(=O)c1cc(-c2ccc(Br)cc2)n2ncnc2n1. The van der Waals surface area contributed by atoms with Crippen LogP contribution < -0.4 is 0 Å². The highest BCUT2D eigenvalue weighted by atomic mass is 79.9. The number of nitrogens with zero attached hydrogens (tertiary/aromatic N) is 4. The molecule has 0 amide bonds. The Morgan fingerprint density at radius 1 is 1.33 bits per heavy atom. The third-order valence-electron chi connectivity index (χ3n) is 2.88. The average molecular weight is 347 g/mol. The molecule has 0 aliphatic carbocycles.